The highest BCUT2D eigenvalue weighted by Crippen LogP contribution is 2.35. The maximum atomic E-state index is 11.7. The topological polar surface area (TPSA) is 52.1 Å². The lowest BCUT2D eigenvalue weighted by molar-refractivity contribution is -0.144. The first kappa shape index (κ1) is 16.2. The van der Waals surface area contributed by atoms with Crippen LogP contribution in [0.25, 0.3) is 10.2 Å². The van der Waals surface area contributed by atoms with Gasteiger partial charge in [-0.1, -0.05) is 18.7 Å². The molecule has 0 fully saturated rings. The Kier molecular flexibility index (Phi) is 5.22. The number of hydrogen-bond donors (Lipinski definition) is 0. The molecule has 0 saturated heterocycles. The molecule has 0 spiro atoms. The number of thioether (sulfide) groups is 1. The Labute approximate surface area is 133 Å². The Bertz CT molecular complexity index is 665. The number of carbonyl (C=O) groups excluding carboxylic acids is 1. The molecule has 2 aromatic rings. The minimum Gasteiger partial charge on any atom is -0.462 e. The van der Waals surface area contributed by atoms with E-state index in [1.54, 1.807) is 11.3 Å². The molecule has 0 N–H and O–H groups in total. The molecule has 2 aromatic heterocycles. The molecule has 114 valence electrons. The van der Waals surface area contributed by atoms with Crippen molar-refractivity contribution in [1.29, 1.82) is 0 Å². The molecule has 0 amide bonds. The third-order valence-corrected chi connectivity index (χ3v) is 5.10. The second-order valence-corrected chi connectivity index (χ2v) is 7.26. The van der Waals surface area contributed by atoms with Crippen molar-refractivity contribution in [2.45, 2.75) is 52.2 Å². The van der Waals surface area contributed by atoms with Gasteiger partial charge in [-0.05, 0) is 33.3 Å². The molecular weight excluding hydrogens is 304 g/mol. The summed E-state index contributed by atoms with van der Waals surface area (Å²) in [6, 6.07) is 0. The molecule has 4 nitrogen and oxygen atoms in total. The zero-order chi connectivity index (χ0) is 15.6. The average molecular weight is 324 g/mol. The number of esters is 1. The van der Waals surface area contributed by atoms with Crippen molar-refractivity contribution < 1.29 is 9.53 Å². The molecule has 0 atom stereocenters. The van der Waals surface area contributed by atoms with Gasteiger partial charge in [0.1, 0.15) is 15.7 Å². The molecule has 0 aromatic carbocycles. The van der Waals surface area contributed by atoms with E-state index in [2.05, 4.69) is 23.8 Å². The van der Waals surface area contributed by atoms with Crippen LogP contribution in [0.5, 0.6) is 0 Å². The Balaban J connectivity index is 2.31. The van der Waals surface area contributed by atoms with E-state index >= 15 is 0 Å². The van der Waals surface area contributed by atoms with Crippen LogP contribution in [-0.4, -0.2) is 27.8 Å². The highest BCUT2D eigenvalue weighted by atomic mass is 32.2. The van der Waals surface area contributed by atoms with Crippen molar-refractivity contribution in [3.63, 3.8) is 0 Å². The van der Waals surface area contributed by atoms with E-state index in [9.17, 15) is 4.79 Å². The predicted octanol–water partition coefficient (Wildman–Crippen LogP) is 3.91. The molecule has 0 bridgehead atoms. The summed E-state index contributed by atoms with van der Waals surface area (Å²) in [4.78, 5) is 23.2. The minimum absolute atomic E-state index is 0.0835. The molecule has 21 heavy (non-hydrogen) atoms. The molecule has 2 heterocycles. The first-order chi connectivity index (χ1) is 9.92. The van der Waals surface area contributed by atoms with Crippen LogP contribution in [0.15, 0.2) is 5.03 Å². The van der Waals surface area contributed by atoms with Gasteiger partial charge in [0.05, 0.1) is 11.9 Å². The highest BCUT2D eigenvalue weighted by molar-refractivity contribution is 8.00. The first-order valence-corrected chi connectivity index (χ1v) is 8.81. The Hall–Kier alpha value is -1.14. The van der Waals surface area contributed by atoms with Crippen LogP contribution in [0.4, 0.5) is 0 Å². The number of carbonyl (C=O) groups is 1. The second-order valence-electron chi connectivity index (χ2n) is 5.09. The average Bonchev–Trinajstić information content (AvgIpc) is 2.70. The van der Waals surface area contributed by atoms with Crippen molar-refractivity contribution >= 4 is 39.3 Å². The molecule has 0 aliphatic rings. The van der Waals surface area contributed by atoms with Gasteiger partial charge in [0.2, 0.25) is 0 Å². The van der Waals surface area contributed by atoms with Crippen LogP contribution in [0, 0.1) is 13.8 Å². The van der Waals surface area contributed by atoms with Gasteiger partial charge in [-0.3, -0.25) is 4.79 Å². The summed E-state index contributed by atoms with van der Waals surface area (Å²) in [7, 11) is 0. The van der Waals surface area contributed by atoms with Gasteiger partial charge < -0.3 is 4.74 Å². The third-order valence-electron chi connectivity index (χ3n) is 3.05. The molecule has 0 radical (unpaired) electrons. The Morgan fingerprint density at radius 1 is 1.33 bits per heavy atom. The van der Waals surface area contributed by atoms with Gasteiger partial charge >= 0.3 is 5.97 Å². The SMILES string of the molecule is CCc1nc(SCC(=O)OC(C)C)c2c(C)c(C)sc2n1. The number of aryl methyl sites for hydroxylation is 3. The van der Waals surface area contributed by atoms with Gasteiger partial charge in [0.15, 0.2) is 0 Å². The van der Waals surface area contributed by atoms with Gasteiger partial charge in [-0.15, -0.1) is 11.3 Å². The van der Waals surface area contributed by atoms with Crippen molar-refractivity contribution in [3.8, 4) is 0 Å². The number of aromatic nitrogens is 2. The molecule has 0 saturated carbocycles. The van der Waals surface area contributed by atoms with Crippen molar-refractivity contribution in [2.75, 3.05) is 5.75 Å². The fourth-order valence-corrected chi connectivity index (χ4v) is 3.94. The number of ether oxygens (including phenoxy) is 1. The van der Waals surface area contributed by atoms with Crippen LogP contribution >= 0.6 is 23.1 Å². The first-order valence-electron chi connectivity index (χ1n) is 7.01. The molecule has 0 unspecified atom stereocenters. The summed E-state index contributed by atoms with van der Waals surface area (Å²) in [5.41, 5.74) is 1.21. The summed E-state index contributed by atoms with van der Waals surface area (Å²) in [5, 5.41) is 1.97. The van der Waals surface area contributed by atoms with Crippen molar-refractivity contribution in [1.82, 2.24) is 9.97 Å². The minimum atomic E-state index is -0.204. The van der Waals surface area contributed by atoms with Crippen LogP contribution in [0.3, 0.4) is 0 Å². The lowest BCUT2D eigenvalue weighted by Crippen LogP contribution is -2.13. The van der Waals surface area contributed by atoms with E-state index in [0.717, 1.165) is 27.5 Å². The number of rotatable bonds is 5. The third kappa shape index (κ3) is 3.74. The smallest absolute Gasteiger partial charge is 0.316 e. The Morgan fingerprint density at radius 2 is 2.05 bits per heavy atom. The highest BCUT2D eigenvalue weighted by Gasteiger charge is 2.16. The van der Waals surface area contributed by atoms with E-state index < -0.39 is 0 Å². The van der Waals surface area contributed by atoms with E-state index in [1.165, 1.54) is 22.2 Å². The number of thiophene rings is 1. The van der Waals surface area contributed by atoms with Crippen LogP contribution in [0.1, 0.15) is 37.0 Å². The van der Waals surface area contributed by atoms with E-state index in [1.807, 2.05) is 20.8 Å². The zero-order valence-electron chi connectivity index (χ0n) is 13.0. The standard InChI is InChI=1S/C15H20N2O2S2/c1-6-11-16-14(20-7-12(18)19-8(2)3)13-9(4)10(5)21-15(13)17-11/h8H,6-7H2,1-5H3. The molecule has 6 heteroatoms. The lowest BCUT2D eigenvalue weighted by Gasteiger charge is -2.08. The van der Waals surface area contributed by atoms with Gasteiger partial charge in [-0.2, -0.15) is 0 Å². The fraction of sp³-hybridized carbons (Fsp3) is 0.533. The van der Waals surface area contributed by atoms with Gasteiger partial charge in [0.25, 0.3) is 0 Å². The maximum absolute atomic E-state index is 11.7. The molecular formula is C15H20N2O2S2. The second kappa shape index (κ2) is 6.75. The summed E-state index contributed by atoms with van der Waals surface area (Å²) >= 11 is 3.12. The van der Waals surface area contributed by atoms with Crippen LogP contribution in [-0.2, 0) is 16.0 Å². The zero-order valence-corrected chi connectivity index (χ0v) is 14.7. The summed E-state index contributed by atoms with van der Waals surface area (Å²) < 4.78 is 5.18. The van der Waals surface area contributed by atoms with Crippen LogP contribution in [0.2, 0.25) is 0 Å². The molecule has 2 rings (SSSR count). The monoisotopic (exact) mass is 324 g/mol. The maximum Gasteiger partial charge on any atom is 0.316 e. The summed E-state index contributed by atoms with van der Waals surface area (Å²) in [6.45, 7) is 9.92. The predicted molar refractivity (Wildman–Crippen MR) is 88.2 cm³/mol. The fourth-order valence-electron chi connectivity index (χ4n) is 1.94. The van der Waals surface area contributed by atoms with E-state index in [0.29, 0.717) is 0 Å². The van der Waals surface area contributed by atoms with Crippen molar-refractivity contribution in [2.24, 2.45) is 0 Å². The summed E-state index contributed by atoms with van der Waals surface area (Å²) in [5.74, 6) is 0.898. The Morgan fingerprint density at radius 3 is 2.67 bits per heavy atom. The van der Waals surface area contributed by atoms with E-state index in [4.69, 9.17) is 4.74 Å². The largest absolute Gasteiger partial charge is 0.462 e. The molecule has 0 aliphatic heterocycles. The van der Waals surface area contributed by atoms with Gasteiger partial charge in [0, 0.05) is 16.7 Å². The number of nitrogens with zero attached hydrogens (tertiary/aromatic N) is 2. The quantitative estimate of drug-likeness (QED) is 0.474. The van der Waals surface area contributed by atoms with Crippen LogP contribution < -0.4 is 0 Å². The number of fused-ring (bicyclic) bond motifs is 1. The van der Waals surface area contributed by atoms with Gasteiger partial charge in [-0.25, -0.2) is 9.97 Å². The van der Waals surface area contributed by atoms with Crippen molar-refractivity contribution in [3.05, 3.63) is 16.3 Å². The molecule has 0 aliphatic carbocycles. The number of hydrogen-bond acceptors (Lipinski definition) is 6. The lowest BCUT2D eigenvalue weighted by atomic mass is 10.2. The normalized spacial score (nSPS) is 11.3. The van der Waals surface area contributed by atoms with E-state index in [-0.39, 0.29) is 17.8 Å². The summed E-state index contributed by atoms with van der Waals surface area (Å²) in [6.07, 6.45) is 0.704.